The fourth-order valence-electron chi connectivity index (χ4n) is 1.35. The van der Waals surface area contributed by atoms with E-state index < -0.39 is 6.29 Å². The van der Waals surface area contributed by atoms with Crippen molar-refractivity contribution in [1.82, 2.24) is 0 Å². The van der Waals surface area contributed by atoms with Gasteiger partial charge in [-0.3, -0.25) is 4.79 Å². The molecule has 0 amide bonds. The van der Waals surface area contributed by atoms with Gasteiger partial charge in [0.05, 0.1) is 7.11 Å². The lowest BCUT2D eigenvalue weighted by atomic mass is 10.1. The van der Waals surface area contributed by atoms with Gasteiger partial charge in [-0.2, -0.15) is 0 Å². The van der Waals surface area contributed by atoms with Gasteiger partial charge in [-0.25, -0.2) is 0 Å². The summed E-state index contributed by atoms with van der Waals surface area (Å²) in [5.41, 5.74) is 0.993. The molecule has 0 aliphatic carbocycles. The summed E-state index contributed by atoms with van der Waals surface area (Å²) >= 11 is 0. The summed E-state index contributed by atoms with van der Waals surface area (Å²) < 4.78 is 15.1. The minimum Gasteiger partial charge on any atom is -0.497 e. The Morgan fingerprint density at radius 2 is 2.12 bits per heavy atom. The molecule has 0 N–H and O–H groups in total. The van der Waals surface area contributed by atoms with E-state index in [4.69, 9.17) is 14.2 Å². The number of hydrogen-bond donors (Lipinski definition) is 0. The van der Waals surface area contributed by atoms with E-state index in [2.05, 4.69) is 0 Å². The van der Waals surface area contributed by atoms with Gasteiger partial charge < -0.3 is 14.2 Å². The van der Waals surface area contributed by atoms with E-state index in [9.17, 15) is 4.79 Å². The van der Waals surface area contributed by atoms with Crippen LogP contribution in [0.2, 0.25) is 0 Å². The highest BCUT2D eigenvalue weighted by molar-refractivity contribution is 5.66. The lowest BCUT2D eigenvalue weighted by Crippen LogP contribution is -2.20. The van der Waals surface area contributed by atoms with E-state index in [1.54, 1.807) is 7.11 Å². The molecule has 88 valence electrons. The monoisotopic (exact) mass is 224 g/mol. The summed E-state index contributed by atoms with van der Waals surface area (Å²) in [5.74, 6) is 0.421. The Morgan fingerprint density at radius 1 is 1.38 bits per heavy atom. The van der Waals surface area contributed by atoms with Crippen molar-refractivity contribution in [3.05, 3.63) is 29.8 Å². The number of ether oxygens (including phenoxy) is 3. The molecule has 4 nitrogen and oxygen atoms in total. The summed E-state index contributed by atoms with van der Waals surface area (Å²) in [6.07, 6.45) is -0.0441. The van der Waals surface area contributed by atoms with E-state index in [-0.39, 0.29) is 5.97 Å². The average molecular weight is 224 g/mol. The number of hydrogen-bond acceptors (Lipinski definition) is 4. The molecular weight excluding hydrogens is 208 g/mol. The maximum atomic E-state index is 10.8. The topological polar surface area (TPSA) is 44.8 Å². The van der Waals surface area contributed by atoms with Crippen molar-refractivity contribution < 1.29 is 19.0 Å². The number of methoxy groups -OCH3 is 2. The molecule has 1 unspecified atom stereocenters. The number of benzene rings is 1. The van der Waals surface area contributed by atoms with E-state index in [1.165, 1.54) is 14.0 Å². The van der Waals surface area contributed by atoms with Crippen molar-refractivity contribution in [3.63, 3.8) is 0 Å². The third kappa shape index (κ3) is 3.90. The van der Waals surface area contributed by atoms with Gasteiger partial charge in [0, 0.05) is 20.5 Å². The van der Waals surface area contributed by atoms with Gasteiger partial charge in [-0.15, -0.1) is 0 Å². The molecule has 0 saturated heterocycles. The lowest BCUT2D eigenvalue weighted by Gasteiger charge is -2.15. The summed E-state index contributed by atoms with van der Waals surface area (Å²) in [6.45, 7) is 1.36. The van der Waals surface area contributed by atoms with Crippen molar-refractivity contribution in [3.8, 4) is 5.75 Å². The lowest BCUT2D eigenvalue weighted by molar-refractivity contribution is -0.170. The molecular formula is C12H16O4. The normalized spacial score (nSPS) is 11.9. The summed E-state index contributed by atoms with van der Waals surface area (Å²) in [4.78, 5) is 10.8. The van der Waals surface area contributed by atoms with Gasteiger partial charge in [-0.1, -0.05) is 12.1 Å². The largest absolute Gasteiger partial charge is 0.497 e. The van der Waals surface area contributed by atoms with Crippen LogP contribution in [0.5, 0.6) is 5.75 Å². The molecule has 0 spiro atoms. The first-order chi connectivity index (χ1) is 7.65. The predicted octanol–water partition coefficient (Wildman–Crippen LogP) is 1.77. The summed E-state index contributed by atoms with van der Waals surface area (Å²) in [6, 6.07) is 7.55. The number of carbonyl (C=O) groups is 1. The van der Waals surface area contributed by atoms with Gasteiger partial charge in [0.25, 0.3) is 0 Å². The van der Waals surface area contributed by atoms with Crippen LogP contribution in [0, 0.1) is 0 Å². The molecule has 0 aliphatic rings. The molecule has 1 aromatic rings. The SMILES string of the molecule is COc1cccc(CC(OC)OC(C)=O)c1. The second-order valence-corrected chi connectivity index (χ2v) is 3.33. The highest BCUT2D eigenvalue weighted by atomic mass is 16.7. The Balaban J connectivity index is 2.65. The molecule has 0 bridgehead atoms. The van der Waals surface area contributed by atoms with Crippen LogP contribution >= 0.6 is 0 Å². The van der Waals surface area contributed by atoms with Crippen LogP contribution in [-0.4, -0.2) is 26.5 Å². The third-order valence-corrected chi connectivity index (χ3v) is 2.10. The van der Waals surface area contributed by atoms with Crippen molar-refractivity contribution in [2.75, 3.05) is 14.2 Å². The van der Waals surface area contributed by atoms with E-state index in [0.717, 1.165) is 11.3 Å². The Morgan fingerprint density at radius 3 is 2.69 bits per heavy atom. The molecule has 0 aliphatic heterocycles. The van der Waals surface area contributed by atoms with Crippen LogP contribution in [0.15, 0.2) is 24.3 Å². The number of esters is 1. The van der Waals surface area contributed by atoms with Gasteiger partial charge in [0.15, 0.2) is 0 Å². The zero-order valence-corrected chi connectivity index (χ0v) is 9.73. The van der Waals surface area contributed by atoms with E-state index in [1.807, 2.05) is 24.3 Å². The van der Waals surface area contributed by atoms with Gasteiger partial charge in [-0.05, 0) is 17.7 Å². The number of carbonyl (C=O) groups excluding carboxylic acids is 1. The Labute approximate surface area is 95.1 Å². The third-order valence-electron chi connectivity index (χ3n) is 2.10. The van der Waals surface area contributed by atoms with Gasteiger partial charge in [0.1, 0.15) is 5.75 Å². The molecule has 0 heterocycles. The van der Waals surface area contributed by atoms with Crippen molar-refractivity contribution >= 4 is 5.97 Å². The molecule has 1 aromatic carbocycles. The molecule has 0 radical (unpaired) electrons. The van der Waals surface area contributed by atoms with Gasteiger partial charge >= 0.3 is 5.97 Å². The highest BCUT2D eigenvalue weighted by Crippen LogP contribution is 2.15. The maximum absolute atomic E-state index is 10.8. The maximum Gasteiger partial charge on any atom is 0.304 e. The van der Waals surface area contributed by atoms with Crippen molar-refractivity contribution in [2.24, 2.45) is 0 Å². The van der Waals surface area contributed by atoms with Crippen molar-refractivity contribution in [2.45, 2.75) is 19.6 Å². The Hall–Kier alpha value is -1.55. The van der Waals surface area contributed by atoms with Crippen LogP contribution in [0.3, 0.4) is 0 Å². The van der Waals surface area contributed by atoms with Crippen LogP contribution in [0.25, 0.3) is 0 Å². The highest BCUT2D eigenvalue weighted by Gasteiger charge is 2.11. The zero-order valence-electron chi connectivity index (χ0n) is 9.73. The fourth-order valence-corrected chi connectivity index (χ4v) is 1.35. The minimum absolute atomic E-state index is 0.352. The Kier molecular flexibility index (Phi) is 4.79. The minimum atomic E-state index is -0.551. The van der Waals surface area contributed by atoms with Crippen molar-refractivity contribution in [1.29, 1.82) is 0 Å². The Bertz CT molecular complexity index is 349. The standard InChI is InChI=1S/C12H16O4/c1-9(13)16-12(15-3)8-10-5-4-6-11(7-10)14-2/h4-7,12H,8H2,1-3H3. The van der Waals surface area contributed by atoms with Crippen LogP contribution < -0.4 is 4.74 Å². The van der Waals surface area contributed by atoms with Crippen LogP contribution in [0.1, 0.15) is 12.5 Å². The first kappa shape index (κ1) is 12.5. The molecule has 1 atom stereocenters. The molecule has 0 saturated carbocycles. The van der Waals surface area contributed by atoms with E-state index in [0.29, 0.717) is 6.42 Å². The summed E-state index contributed by atoms with van der Waals surface area (Å²) in [5, 5.41) is 0. The first-order valence-corrected chi connectivity index (χ1v) is 4.98. The second-order valence-electron chi connectivity index (χ2n) is 3.33. The van der Waals surface area contributed by atoms with Crippen LogP contribution in [-0.2, 0) is 20.7 Å². The first-order valence-electron chi connectivity index (χ1n) is 4.98. The molecule has 4 heteroatoms. The fraction of sp³-hybridized carbons (Fsp3) is 0.417. The smallest absolute Gasteiger partial charge is 0.304 e. The second kappa shape index (κ2) is 6.12. The average Bonchev–Trinajstić information content (AvgIpc) is 2.28. The molecule has 16 heavy (non-hydrogen) atoms. The molecule has 1 rings (SSSR count). The molecule has 0 fully saturated rings. The number of rotatable bonds is 5. The summed E-state index contributed by atoms with van der Waals surface area (Å²) in [7, 11) is 3.12. The predicted molar refractivity (Wildman–Crippen MR) is 59.3 cm³/mol. The molecule has 0 aromatic heterocycles. The van der Waals surface area contributed by atoms with Gasteiger partial charge in [0.2, 0.25) is 6.29 Å². The van der Waals surface area contributed by atoms with E-state index >= 15 is 0 Å². The zero-order chi connectivity index (χ0) is 12.0. The quantitative estimate of drug-likeness (QED) is 0.565. The van der Waals surface area contributed by atoms with Crippen LogP contribution in [0.4, 0.5) is 0 Å².